The lowest BCUT2D eigenvalue weighted by atomic mass is 9.96. The first-order valence-electron chi connectivity index (χ1n) is 13.9. The lowest BCUT2D eigenvalue weighted by molar-refractivity contribution is -0.134. The molecule has 0 bridgehead atoms. The van der Waals surface area contributed by atoms with Crippen molar-refractivity contribution in [3.05, 3.63) is 130 Å². The van der Waals surface area contributed by atoms with Crippen molar-refractivity contribution in [3.63, 3.8) is 0 Å². The number of hydrogen-bond acceptors (Lipinski definition) is 8. The standard InChI is InChI=1S/2C17H12F2O4S/c1-24(21,22)12-5-2-10(3-6-12)14-9-23-17(20)16(14)13-8-11(18)4-7-15(13)19;1-24(21,22)14-4-2-10(3-5-14)15-9-23-17(20)16(15)11-6-12(18)8-13(19)7-11/h2*2-8H,9H2,1H3. The fourth-order valence-corrected chi connectivity index (χ4v) is 6.29. The van der Waals surface area contributed by atoms with E-state index in [2.05, 4.69) is 0 Å². The summed E-state index contributed by atoms with van der Waals surface area (Å²) in [6.45, 7) is -0.146. The number of ether oxygens (including phenoxy) is 2. The zero-order valence-electron chi connectivity index (χ0n) is 25.1. The van der Waals surface area contributed by atoms with Crippen molar-refractivity contribution < 1.29 is 53.5 Å². The molecule has 0 spiro atoms. The summed E-state index contributed by atoms with van der Waals surface area (Å²) >= 11 is 0. The SMILES string of the molecule is CS(=O)(=O)c1ccc(C2=C(c3cc(F)cc(F)c3)C(=O)OC2)cc1.CS(=O)(=O)c1ccc(C2=C(c3cc(F)ccc3F)C(=O)OC2)cc1. The molecule has 0 saturated heterocycles. The predicted molar refractivity (Wildman–Crippen MR) is 167 cm³/mol. The molecule has 248 valence electrons. The van der Waals surface area contributed by atoms with E-state index in [0.717, 1.165) is 42.8 Å². The Balaban J connectivity index is 0.000000188. The third kappa shape index (κ3) is 7.39. The fraction of sp³-hybridized carbons (Fsp3) is 0.118. The Morgan fingerprint density at radius 1 is 0.521 bits per heavy atom. The van der Waals surface area contributed by atoms with E-state index in [1.807, 2.05) is 0 Å². The van der Waals surface area contributed by atoms with Crippen LogP contribution in [0.3, 0.4) is 0 Å². The maximum atomic E-state index is 14.0. The molecule has 0 aromatic heterocycles. The number of cyclic esters (lactones) is 2. The van der Waals surface area contributed by atoms with Crippen LogP contribution >= 0.6 is 0 Å². The minimum atomic E-state index is -3.36. The number of benzene rings is 4. The molecule has 0 atom stereocenters. The van der Waals surface area contributed by atoms with Crippen molar-refractivity contribution in [3.8, 4) is 0 Å². The maximum Gasteiger partial charge on any atom is 0.339 e. The highest BCUT2D eigenvalue weighted by atomic mass is 32.2. The maximum absolute atomic E-state index is 14.0. The average molecular weight is 701 g/mol. The van der Waals surface area contributed by atoms with Gasteiger partial charge in [-0.05, 0) is 71.3 Å². The van der Waals surface area contributed by atoms with Crippen LogP contribution in [0.2, 0.25) is 0 Å². The molecule has 8 nitrogen and oxygen atoms in total. The van der Waals surface area contributed by atoms with E-state index in [1.54, 1.807) is 0 Å². The third-order valence-electron chi connectivity index (χ3n) is 7.32. The number of sulfone groups is 2. The first-order valence-corrected chi connectivity index (χ1v) is 17.6. The molecule has 0 amide bonds. The van der Waals surface area contributed by atoms with Crippen molar-refractivity contribution in [1.82, 2.24) is 0 Å². The van der Waals surface area contributed by atoms with Gasteiger partial charge in [-0.3, -0.25) is 0 Å². The van der Waals surface area contributed by atoms with Crippen LogP contribution in [0.4, 0.5) is 17.6 Å². The Morgan fingerprint density at radius 3 is 1.42 bits per heavy atom. The Hall–Kier alpha value is -5.08. The van der Waals surface area contributed by atoms with Crippen molar-refractivity contribution in [2.45, 2.75) is 9.79 Å². The molecule has 0 N–H and O–H groups in total. The number of hydrogen-bond donors (Lipinski definition) is 0. The van der Waals surface area contributed by atoms with Gasteiger partial charge in [0.05, 0.1) is 20.9 Å². The normalized spacial score (nSPS) is 14.9. The van der Waals surface area contributed by atoms with Crippen molar-refractivity contribution in [2.75, 3.05) is 25.7 Å². The van der Waals surface area contributed by atoms with Gasteiger partial charge < -0.3 is 9.47 Å². The van der Waals surface area contributed by atoms with E-state index in [-0.39, 0.29) is 45.3 Å². The van der Waals surface area contributed by atoms with Gasteiger partial charge in [0.2, 0.25) is 0 Å². The molecule has 6 rings (SSSR count). The third-order valence-corrected chi connectivity index (χ3v) is 9.57. The molecule has 2 aliphatic heterocycles. The van der Waals surface area contributed by atoms with Crippen LogP contribution in [0.1, 0.15) is 22.3 Å². The molecule has 4 aromatic carbocycles. The smallest absolute Gasteiger partial charge is 0.339 e. The number of carbonyl (C=O) groups is 2. The number of esters is 2. The summed E-state index contributed by atoms with van der Waals surface area (Å²) in [5, 5.41) is 0. The van der Waals surface area contributed by atoms with E-state index < -0.39 is 54.9 Å². The van der Waals surface area contributed by atoms with Gasteiger partial charge in [-0.1, -0.05) is 24.3 Å². The Kier molecular flexibility index (Phi) is 9.42. The molecular formula is C34H24F4O8S2. The molecular weight excluding hydrogens is 676 g/mol. The summed E-state index contributed by atoms with van der Waals surface area (Å²) in [4.78, 5) is 24.2. The summed E-state index contributed by atoms with van der Waals surface area (Å²) in [6.07, 6.45) is 2.17. The zero-order valence-corrected chi connectivity index (χ0v) is 26.7. The van der Waals surface area contributed by atoms with E-state index in [0.29, 0.717) is 28.3 Å². The molecule has 4 aromatic rings. The summed E-state index contributed by atoms with van der Waals surface area (Å²) in [5.74, 6) is -4.45. The van der Waals surface area contributed by atoms with Gasteiger partial charge in [0, 0.05) is 35.3 Å². The zero-order chi connectivity index (χ0) is 35.0. The molecule has 0 unspecified atom stereocenters. The van der Waals surface area contributed by atoms with Gasteiger partial charge in [-0.25, -0.2) is 44.0 Å². The van der Waals surface area contributed by atoms with E-state index >= 15 is 0 Å². The van der Waals surface area contributed by atoms with Crippen molar-refractivity contribution >= 4 is 53.9 Å². The van der Waals surface area contributed by atoms with Crippen LogP contribution in [0.5, 0.6) is 0 Å². The van der Waals surface area contributed by atoms with Gasteiger partial charge >= 0.3 is 11.9 Å². The minimum absolute atomic E-state index is 0.0511. The van der Waals surface area contributed by atoms with Gasteiger partial charge in [0.15, 0.2) is 19.7 Å². The summed E-state index contributed by atoms with van der Waals surface area (Å²) in [6, 6.07) is 17.3. The van der Waals surface area contributed by atoms with E-state index in [4.69, 9.17) is 9.47 Å². The fourth-order valence-electron chi connectivity index (χ4n) is 5.02. The highest BCUT2D eigenvalue weighted by Crippen LogP contribution is 2.36. The largest absolute Gasteiger partial charge is 0.457 e. The predicted octanol–water partition coefficient (Wildman–Crippen LogP) is 5.67. The highest BCUT2D eigenvalue weighted by Gasteiger charge is 2.30. The molecule has 14 heteroatoms. The van der Waals surface area contributed by atoms with Crippen molar-refractivity contribution in [2.24, 2.45) is 0 Å². The highest BCUT2D eigenvalue weighted by molar-refractivity contribution is 7.91. The Labute approximate surface area is 272 Å². The van der Waals surface area contributed by atoms with Crippen LogP contribution in [0.15, 0.2) is 94.7 Å². The molecule has 0 aliphatic carbocycles. The summed E-state index contributed by atoms with van der Waals surface area (Å²) < 4.78 is 110. The summed E-state index contributed by atoms with van der Waals surface area (Å²) in [5.41, 5.74) is 1.80. The van der Waals surface area contributed by atoms with Crippen LogP contribution in [0.25, 0.3) is 22.3 Å². The Morgan fingerprint density at radius 2 is 0.958 bits per heavy atom. The first kappa shape index (κ1) is 34.3. The van der Waals surface area contributed by atoms with Gasteiger partial charge in [-0.2, -0.15) is 0 Å². The lowest BCUT2D eigenvalue weighted by Gasteiger charge is -2.07. The van der Waals surface area contributed by atoms with Gasteiger partial charge in [0.1, 0.15) is 36.5 Å². The molecule has 2 aliphatic rings. The molecule has 0 fully saturated rings. The van der Waals surface area contributed by atoms with Crippen molar-refractivity contribution in [1.29, 1.82) is 0 Å². The second-order valence-corrected chi connectivity index (χ2v) is 14.8. The van der Waals surface area contributed by atoms with Crippen LogP contribution < -0.4 is 0 Å². The lowest BCUT2D eigenvalue weighted by Crippen LogP contribution is -2.01. The second kappa shape index (κ2) is 13.2. The van der Waals surface area contributed by atoms with Crippen LogP contribution in [-0.4, -0.2) is 54.5 Å². The molecule has 0 saturated carbocycles. The van der Waals surface area contributed by atoms with E-state index in [9.17, 15) is 44.0 Å². The number of carbonyl (C=O) groups excluding carboxylic acids is 2. The van der Waals surface area contributed by atoms with Crippen LogP contribution in [0, 0.1) is 23.3 Å². The van der Waals surface area contributed by atoms with Gasteiger partial charge in [0.25, 0.3) is 0 Å². The number of rotatable bonds is 6. The topological polar surface area (TPSA) is 121 Å². The summed E-state index contributed by atoms with van der Waals surface area (Å²) in [7, 11) is -6.70. The quantitative estimate of drug-likeness (QED) is 0.186. The molecule has 48 heavy (non-hydrogen) atoms. The average Bonchev–Trinajstić information content (AvgIpc) is 3.59. The van der Waals surface area contributed by atoms with E-state index in [1.165, 1.54) is 48.5 Å². The first-order chi connectivity index (χ1) is 22.5. The Bertz CT molecular complexity index is 2220. The molecule has 0 radical (unpaired) electrons. The monoisotopic (exact) mass is 700 g/mol. The minimum Gasteiger partial charge on any atom is -0.457 e. The van der Waals surface area contributed by atoms with Crippen LogP contribution in [-0.2, 0) is 38.7 Å². The van der Waals surface area contributed by atoms with Gasteiger partial charge in [-0.15, -0.1) is 0 Å². The molecule has 2 heterocycles. The second-order valence-electron chi connectivity index (χ2n) is 10.7. The number of halogens is 4.